The van der Waals surface area contributed by atoms with E-state index in [4.69, 9.17) is 4.42 Å². The van der Waals surface area contributed by atoms with Gasteiger partial charge >= 0.3 is 0 Å². The number of carbonyl (C=O) groups is 2. The summed E-state index contributed by atoms with van der Waals surface area (Å²) in [7, 11) is -3.58. The highest BCUT2D eigenvalue weighted by Crippen LogP contribution is 2.21. The molecule has 9 heteroatoms. The third kappa shape index (κ3) is 5.48. The summed E-state index contributed by atoms with van der Waals surface area (Å²) in [6.07, 6.45) is 2.23. The predicted molar refractivity (Wildman–Crippen MR) is 112 cm³/mol. The van der Waals surface area contributed by atoms with Gasteiger partial charge in [0.25, 0.3) is 5.91 Å². The summed E-state index contributed by atoms with van der Waals surface area (Å²) >= 11 is 0. The molecule has 0 radical (unpaired) electrons. The Morgan fingerprint density at radius 1 is 1.07 bits per heavy atom. The molecule has 30 heavy (non-hydrogen) atoms. The van der Waals surface area contributed by atoms with E-state index >= 15 is 0 Å². The van der Waals surface area contributed by atoms with Crippen LogP contribution in [-0.4, -0.2) is 69.3 Å². The molecule has 2 amide bonds. The van der Waals surface area contributed by atoms with Crippen molar-refractivity contribution in [3.8, 4) is 0 Å². The van der Waals surface area contributed by atoms with Crippen molar-refractivity contribution in [2.75, 3.05) is 39.3 Å². The van der Waals surface area contributed by atoms with E-state index in [9.17, 15) is 18.0 Å². The molecule has 1 N–H and O–H groups in total. The Bertz CT molecular complexity index is 964. The second-order valence-corrected chi connectivity index (χ2v) is 9.25. The number of hydrogen-bond acceptors (Lipinski definition) is 6. The number of benzene rings is 1. The van der Waals surface area contributed by atoms with Gasteiger partial charge in [-0.25, -0.2) is 8.42 Å². The molecule has 1 aliphatic heterocycles. The fourth-order valence-corrected chi connectivity index (χ4v) is 4.70. The molecule has 3 rings (SSSR count). The van der Waals surface area contributed by atoms with Gasteiger partial charge in [0, 0.05) is 38.3 Å². The van der Waals surface area contributed by atoms with E-state index in [0.717, 1.165) is 6.42 Å². The van der Waals surface area contributed by atoms with Gasteiger partial charge < -0.3 is 14.6 Å². The third-order valence-electron chi connectivity index (χ3n) is 4.99. The molecule has 0 saturated carbocycles. The van der Waals surface area contributed by atoms with E-state index in [-0.39, 0.29) is 28.2 Å². The number of piperazine rings is 1. The molecule has 1 fully saturated rings. The van der Waals surface area contributed by atoms with Gasteiger partial charge in [-0.3, -0.25) is 14.5 Å². The first-order chi connectivity index (χ1) is 14.4. The molecule has 2 aromatic rings. The quantitative estimate of drug-likeness (QED) is 0.678. The van der Waals surface area contributed by atoms with E-state index in [1.54, 1.807) is 23.1 Å². The van der Waals surface area contributed by atoms with Crippen molar-refractivity contribution in [2.24, 2.45) is 0 Å². The topological polar surface area (TPSA) is 99.9 Å². The van der Waals surface area contributed by atoms with E-state index < -0.39 is 9.84 Å². The second-order valence-electron chi connectivity index (χ2n) is 7.27. The van der Waals surface area contributed by atoms with E-state index in [2.05, 4.69) is 5.32 Å². The summed E-state index contributed by atoms with van der Waals surface area (Å²) < 4.78 is 30.7. The van der Waals surface area contributed by atoms with Crippen molar-refractivity contribution >= 4 is 21.7 Å². The van der Waals surface area contributed by atoms with Crippen LogP contribution < -0.4 is 5.32 Å². The first-order valence-electron chi connectivity index (χ1n) is 10.0. The summed E-state index contributed by atoms with van der Waals surface area (Å²) in [4.78, 5) is 28.6. The third-order valence-corrected chi connectivity index (χ3v) is 6.67. The molecular weight excluding hydrogens is 406 g/mol. The van der Waals surface area contributed by atoms with Gasteiger partial charge in [0.2, 0.25) is 5.91 Å². The molecule has 1 aromatic carbocycles. The second kappa shape index (κ2) is 9.90. The van der Waals surface area contributed by atoms with Crippen molar-refractivity contribution in [2.45, 2.75) is 24.0 Å². The summed E-state index contributed by atoms with van der Waals surface area (Å²) in [6.45, 7) is 5.01. The average molecular weight is 434 g/mol. The average Bonchev–Trinajstić information content (AvgIpc) is 3.20. The highest BCUT2D eigenvalue weighted by atomic mass is 32.2. The Labute approximate surface area is 176 Å². The van der Waals surface area contributed by atoms with Gasteiger partial charge in [-0.05, 0) is 24.6 Å². The van der Waals surface area contributed by atoms with Crippen LogP contribution in [0.25, 0.3) is 0 Å². The molecule has 0 atom stereocenters. The molecule has 162 valence electrons. The van der Waals surface area contributed by atoms with Crippen LogP contribution in [0.1, 0.15) is 29.5 Å². The maximum Gasteiger partial charge on any atom is 0.289 e. The van der Waals surface area contributed by atoms with Crippen LogP contribution in [0.4, 0.5) is 0 Å². The van der Waals surface area contributed by atoms with Crippen molar-refractivity contribution in [3.63, 3.8) is 0 Å². The van der Waals surface area contributed by atoms with E-state index in [1.807, 2.05) is 11.8 Å². The minimum atomic E-state index is -3.58. The number of nitrogens with zero attached hydrogens (tertiary/aromatic N) is 2. The Kier molecular flexibility index (Phi) is 7.28. The summed E-state index contributed by atoms with van der Waals surface area (Å²) in [5.74, 6) is -0.584. The number of carbonyl (C=O) groups excluding carboxylic acids is 2. The van der Waals surface area contributed by atoms with Crippen LogP contribution in [-0.2, 0) is 20.4 Å². The van der Waals surface area contributed by atoms with Gasteiger partial charge in [-0.2, -0.15) is 0 Å². The highest BCUT2D eigenvalue weighted by Gasteiger charge is 2.28. The van der Waals surface area contributed by atoms with Gasteiger partial charge in [-0.15, -0.1) is 0 Å². The predicted octanol–water partition coefficient (Wildman–Crippen LogP) is 1.54. The SMILES string of the molecule is CCCNC(=O)CN1CCN(C(=O)c2occc2CS(=O)(=O)c2ccccc2)CC1. The van der Waals surface area contributed by atoms with E-state index in [0.29, 0.717) is 44.8 Å². The number of rotatable bonds is 8. The van der Waals surface area contributed by atoms with Crippen molar-refractivity contribution in [1.29, 1.82) is 0 Å². The lowest BCUT2D eigenvalue weighted by Gasteiger charge is -2.34. The lowest BCUT2D eigenvalue weighted by molar-refractivity contribution is -0.122. The van der Waals surface area contributed by atoms with Crippen LogP contribution in [0.5, 0.6) is 0 Å². The zero-order valence-corrected chi connectivity index (χ0v) is 17.9. The Morgan fingerprint density at radius 2 is 1.77 bits per heavy atom. The molecule has 0 bridgehead atoms. The molecule has 1 aliphatic rings. The fourth-order valence-electron chi connectivity index (χ4n) is 3.33. The number of amides is 2. The maximum absolute atomic E-state index is 12.9. The molecule has 1 aromatic heterocycles. The largest absolute Gasteiger partial charge is 0.459 e. The van der Waals surface area contributed by atoms with Gasteiger partial charge in [-0.1, -0.05) is 25.1 Å². The van der Waals surface area contributed by atoms with Gasteiger partial charge in [0.15, 0.2) is 15.6 Å². The molecule has 0 aliphatic carbocycles. The monoisotopic (exact) mass is 433 g/mol. The molecule has 0 unspecified atom stereocenters. The van der Waals surface area contributed by atoms with Crippen molar-refractivity contribution in [3.05, 3.63) is 54.0 Å². The smallest absolute Gasteiger partial charge is 0.289 e. The Balaban J connectivity index is 1.60. The lowest BCUT2D eigenvalue weighted by Crippen LogP contribution is -2.51. The van der Waals surface area contributed by atoms with Crippen LogP contribution in [0.15, 0.2) is 52.0 Å². The van der Waals surface area contributed by atoms with Crippen LogP contribution in [0.3, 0.4) is 0 Å². The minimum absolute atomic E-state index is 0.0175. The molecular formula is C21H27N3O5S. The molecule has 1 saturated heterocycles. The maximum atomic E-state index is 12.9. The van der Waals surface area contributed by atoms with Crippen molar-refractivity contribution in [1.82, 2.24) is 15.1 Å². The number of nitrogens with one attached hydrogen (secondary N) is 1. The zero-order chi connectivity index (χ0) is 21.6. The normalized spacial score (nSPS) is 15.2. The standard InChI is InChI=1S/C21H27N3O5S/c1-2-9-22-19(25)15-23-10-12-24(13-11-23)21(26)20-17(8-14-29-20)16-30(27,28)18-6-4-3-5-7-18/h3-8,14H,2,9-13,15-16H2,1H3,(H,22,25). The molecule has 0 spiro atoms. The highest BCUT2D eigenvalue weighted by molar-refractivity contribution is 7.90. The summed E-state index contributed by atoms with van der Waals surface area (Å²) in [5, 5.41) is 2.85. The van der Waals surface area contributed by atoms with Crippen molar-refractivity contribution < 1.29 is 22.4 Å². The van der Waals surface area contributed by atoms with Gasteiger partial charge in [0.1, 0.15) is 0 Å². The van der Waals surface area contributed by atoms with Crippen LogP contribution in [0, 0.1) is 0 Å². The molecule has 8 nitrogen and oxygen atoms in total. The van der Waals surface area contributed by atoms with Gasteiger partial charge in [0.05, 0.1) is 23.5 Å². The zero-order valence-electron chi connectivity index (χ0n) is 17.0. The molecule has 2 heterocycles. The minimum Gasteiger partial charge on any atom is -0.459 e. The number of sulfone groups is 1. The number of furan rings is 1. The van der Waals surface area contributed by atoms with Crippen LogP contribution in [0.2, 0.25) is 0 Å². The van der Waals surface area contributed by atoms with Crippen LogP contribution >= 0.6 is 0 Å². The lowest BCUT2D eigenvalue weighted by atomic mass is 10.2. The van der Waals surface area contributed by atoms with E-state index in [1.165, 1.54) is 24.5 Å². The fraction of sp³-hybridized carbons (Fsp3) is 0.429. The first-order valence-corrected chi connectivity index (χ1v) is 11.7. The summed E-state index contributed by atoms with van der Waals surface area (Å²) in [5.41, 5.74) is 0.352. The Morgan fingerprint density at radius 3 is 2.43 bits per heavy atom. The first kappa shape index (κ1) is 22.0. The summed E-state index contributed by atoms with van der Waals surface area (Å²) in [6, 6.07) is 9.67. The number of hydrogen-bond donors (Lipinski definition) is 1. The Hall–Kier alpha value is -2.65.